The number of nitro groups is 1. The van der Waals surface area contributed by atoms with E-state index >= 15 is 0 Å². The zero-order valence-corrected chi connectivity index (χ0v) is 6.81. The molecule has 1 aliphatic rings. The van der Waals surface area contributed by atoms with Crippen LogP contribution in [-0.2, 0) is 0 Å². The third-order valence-corrected chi connectivity index (χ3v) is 2.92. The second kappa shape index (κ2) is 2.70. The van der Waals surface area contributed by atoms with E-state index in [9.17, 15) is 10.1 Å². The number of hydrogen-bond donors (Lipinski definition) is 0. The quantitative estimate of drug-likeness (QED) is 0.375. The van der Waals surface area contributed by atoms with Crippen LogP contribution in [0.2, 0.25) is 0 Å². The van der Waals surface area contributed by atoms with E-state index in [2.05, 4.69) is 15.9 Å². The van der Waals surface area contributed by atoms with Crippen LogP contribution in [0.25, 0.3) is 0 Å². The summed E-state index contributed by atoms with van der Waals surface area (Å²) in [6.07, 6.45) is 1.62. The zero-order valence-electron chi connectivity index (χ0n) is 4.41. The van der Waals surface area contributed by atoms with Crippen molar-refractivity contribution in [2.75, 3.05) is 5.75 Å². The van der Waals surface area contributed by atoms with Gasteiger partial charge in [-0.05, 0) is 0 Å². The Hall–Kier alpha value is -0.0300. The molecular weight excluding hydrogens is 206 g/mol. The van der Waals surface area contributed by atoms with E-state index in [0.717, 1.165) is 0 Å². The van der Waals surface area contributed by atoms with E-state index in [0.29, 0.717) is 11.4 Å². The van der Waals surface area contributed by atoms with Crippen LogP contribution in [0.3, 0.4) is 0 Å². The molecule has 3 nitrogen and oxygen atoms in total. The van der Waals surface area contributed by atoms with E-state index in [1.54, 1.807) is 6.08 Å². The highest BCUT2D eigenvalue weighted by molar-refractivity contribution is 9.11. The van der Waals surface area contributed by atoms with Crippen LogP contribution < -0.4 is 0 Å². The number of nitrogens with zero attached hydrogens (tertiary/aromatic N) is 1. The van der Waals surface area contributed by atoms with Crippen molar-refractivity contribution in [3.05, 3.63) is 21.9 Å². The number of alkyl halides is 1. The summed E-state index contributed by atoms with van der Waals surface area (Å²) < 4.78 is 0.137. The summed E-state index contributed by atoms with van der Waals surface area (Å²) in [5.74, 6) is 0.517. The standard InChI is InChI=1S/C4H4BrNO2S/c5-4-1-3(2-9-4)6(7)8/h1,4H,2H2. The number of halogens is 1. The summed E-state index contributed by atoms with van der Waals surface area (Å²) in [6, 6.07) is 0. The summed E-state index contributed by atoms with van der Waals surface area (Å²) in [5.41, 5.74) is 0.307. The van der Waals surface area contributed by atoms with Gasteiger partial charge in [-0.1, -0.05) is 15.9 Å². The van der Waals surface area contributed by atoms with Crippen molar-refractivity contribution >= 4 is 27.7 Å². The van der Waals surface area contributed by atoms with E-state index in [1.807, 2.05) is 0 Å². The first-order chi connectivity index (χ1) is 4.20. The topological polar surface area (TPSA) is 43.1 Å². The maximum Gasteiger partial charge on any atom is 0.254 e. The van der Waals surface area contributed by atoms with Crippen LogP contribution in [0.15, 0.2) is 11.8 Å². The van der Waals surface area contributed by atoms with Gasteiger partial charge in [0, 0.05) is 6.08 Å². The van der Waals surface area contributed by atoms with Gasteiger partial charge in [0.05, 0.1) is 14.8 Å². The third kappa shape index (κ3) is 1.69. The first-order valence-corrected chi connectivity index (χ1v) is 4.27. The van der Waals surface area contributed by atoms with E-state index < -0.39 is 0 Å². The van der Waals surface area contributed by atoms with E-state index in [1.165, 1.54) is 11.8 Å². The van der Waals surface area contributed by atoms with Crippen molar-refractivity contribution < 1.29 is 4.92 Å². The maximum atomic E-state index is 10.1. The van der Waals surface area contributed by atoms with Gasteiger partial charge in [-0.15, -0.1) is 11.8 Å². The minimum atomic E-state index is -0.339. The minimum Gasteiger partial charge on any atom is -0.259 e. The fraction of sp³-hybridized carbons (Fsp3) is 0.500. The number of thioether (sulfide) groups is 1. The normalized spacial score (nSPS) is 25.9. The number of rotatable bonds is 1. The largest absolute Gasteiger partial charge is 0.259 e. The molecule has 1 unspecified atom stereocenters. The Kier molecular flexibility index (Phi) is 2.13. The summed E-state index contributed by atoms with van der Waals surface area (Å²) in [7, 11) is 0. The average molecular weight is 210 g/mol. The molecule has 0 saturated heterocycles. The molecule has 0 fully saturated rings. The molecule has 50 valence electrons. The Labute approximate surface area is 64.8 Å². The van der Waals surface area contributed by atoms with Gasteiger partial charge in [-0.2, -0.15) is 0 Å². The molecule has 1 heterocycles. The molecule has 1 aliphatic heterocycles. The highest BCUT2D eigenvalue weighted by atomic mass is 79.9. The van der Waals surface area contributed by atoms with E-state index in [4.69, 9.17) is 0 Å². The molecular formula is C4H4BrNO2S. The van der Waals surface area contributed by atoms with Gasteiger partial charge >= 0.3 is 0 Å². The lowest BCUT2D eigenvalue weighted by Crippen LogP contribution is -1.96. The van der Waals surface area contributed by atoms with Crippen LogP contribution in [0.4, 0.5) is 0 Å². The minimum absolute atomic E-state index is 0.137. The van der Waals surface area contributed by atoms with Crippen molar-refractivity contribution in [1.82, 2.24) is 0 Å². The molecule has 1 atom stereocenters. The highest BCUT2D eigenvalue weighted by Crippen LogP contribution is 2.29. The van der Waals surface area contributed by atoms with Crippen molar-refractivity contribution in [2.24, 2.45) is 0 Å². The lowest BCUT2D eigenvalue weighted by Gasteiger charge is -1.86. The van der Waals surface area contributed by atoms with Crippen molar-refractivity contribution in [1.29, 1.82) is 0 Å². The van der Waals surface area contributed by atoms with Crippen molar-refractivity contribution in [2.45, 2.75) is 4.16 Å². The second-order valence-electron chi connectivity index (χ2n) is 1.58. The Bertz CT molecular complexity index is 170. The van der Waals surface area contributed by atoms with Gasteiger partial charge in [0.2, 0.25) is 0 Å². The van der Waals surface area contributed by atoms with Gasteiger partial charge in [-0.25, -0.2) is 0 Å². The van der Waals surface area contributed by atoms with Gasteiger partial charge in [0.1, 0.15) is 0 Å². The van der Waals surface area contributed by atoms with Gasteiger partial charge in [0.25, 0.3) is 5.70 Å². The molecule has 0 aromatic rings. The third-order valence-electron chi connectivity index (χ3n) is 0.948. The SMILES string of the molecule is O=[N+]([O-])C1=CC(Br)SC1. The predicted molar refractivity (Wildman–Crippen MR) is 40.3 cm³/mol. The van der Waals surface area contributed by atoms with E-state index in [-0.39, 0.29) is 9.08 Å². The molecule has 0 amide bonds. The second-order valence-corrected chi connectivity index (χ2v) is 4.30. The molecule has 1 rings (SSSR count). The highest BCUT2D eigenvalue weighted by Gasteiger charge is 2.21. The van der Waals surface area contributed by atoms with Crippen molar-refractivity contribution in [3.63, 3.8) is 0 Å². The van der Waals surface area contributed by atoms with Gasteiger partial charge in [-0.3, -0.25) is 10.1 Å². The van der Waals surface area contributed by atoms with Crippen LogP contribution in [0, 0.1) is 10.1 Å². The monoisotopic (exact) mass is 209 g/mol. The Morgan fingerprint density at radius 1 is 2.00 bits per heavy atom. The molecule has 0 N–H and O–H groups in total. The fourth-order valence-electron chi connectivity index (χ4n) is 0.526. The molecule has 0 radical (unpaired) electrons. The predicted octanol–water partition coefficient (Wildman–Crippen LogP) is 1.61. The molecule has 9 heavy (non-hydrogen) atoms. The van der Waals surface area contributed by atoms with Crippen LogP contribution in [0.5, 0.6) is 0 Å². The first-order valence-electron chi connectivity index (χ1n) is 2.31. The van der Waals surface area contributed by atoms with Crippen LogP contribution >= 0.6 is 27.7 Å². The van der Waals surface area contributed by atoms with Crippen LogP contribution in [-0.4, -0.2) is 14.8 Å². The Morgan fingerprint density at radius 3 is 2.89 bits per heavy atom. The van der Waals surface area contributed by atoms with Crippen molar-refractivity contribution in [3.8, 4) is 0 Å². The fourth-order valence-corrected chi connectivity index (χ4v) is 2.01. The van der Waals surface area contributed by atoms with Gasteiger partial charge < -0.3 is 0 Å². The van der Waals surface area contributed by atoms with Gasteiger partial charge in [0.15, 0.2) is 0 Å². The lowest BCUT2D eigenvalue weighted by atomic mass is 10.5. The smallest absolute Gasteiger partial charge is 0.254 e. The summed E-state index contributed by atoms with van der Waals surface area (Å²) in [6.45, 7) is 0. The Morgan fingerprint density at radius 2 is 2.67 bits per heavy atom. The van der Waals surface area contributed by atoms with Crippen LogP contribution in [0.1, 0.15) is 0 Å². The summed E-state index contributed by atoms with van der Waals surface area (Å²) >= 11 is 4.75. The lowest BCUT2D eigenvalue weighted by molar-refractivity contribution is -0.423. The summed E-state index contributed by atoms with van der Waals surface area (Å²) in [5, 5.41) is 10.1. The molecule has 0 aliphatic carbocycles. The molecule has 0 saturated carbocycles. The number of hydrogen-bond acceptors (Lipinski definition) is 3. The Balaban J connectivity index is 2.62. The maximum absolute atomic E-state index is 10.1. The molecule has 0 bridgehead atoms. The molecule has 0 aromatic carbocycles. The summed E-state index contributed by atoms with van der Waals surface area (Å²) in [4.78, 5) is 9.71. The molecule has 0 aromatic heterocycles. The molecule has 5 heteroatoms. The average Bonchev–Trinajstić information content (AvgIpc) is 2.14. The first kappa shape index (κ1) is 7.08. The zero-order chi connectivity index (χ0) is 6.85. The molecule has 0 spiro atoms.